The Bertz CT molecular complexity index is 1090. The molecule has 1 saturated heterocycles. The fraction of sp³-hybridized carbons (Fsp3) is 0.238. The maximum atomic E-state index is 13.1. The molecule has 3 aromatic rings. The lowest BCUT2D eigenvalue weighted by atomic mass is 10.2. The van der Waals surface area contributed by atoms with Crippen LogP contribution in [-0.2, 0) is 16.1 Å². The summed E-state index contributed by atoms with van der Waals surface area (Å²) in [6.07, 6.45) is 1.68. The number of piperazine rings is 1. The van der Waals surface area contributed by atoms with Crippen molar-refractivity contribution >= 4 is 17.5 Å². The molecule has 2 heterocycles. The van der Waals surface area contributed by atoms with Crippen molar-refractivity contribution in [2.75, 3.05) is 32.2 Å². The molecular weight excluding hydrogens is 405 g/mol. The first-order valence-corrected chi connectivity index (χ1v) is 9.49. The van der Waals surface area contributed by atoms with Crippen LogP contribution in [0.1, 0.15) is 5.69 Å². The molecule has 0 N–H and O–H groups in total. The second-order valence-corrected chi connectivity index (χ2v) is 6.89. The van der Waals surface area contributed by atoms with E-state index in [1.807, 2.05) is 0 Å². The zero-order valence-electron chi connectivity index (χ0n) is 17.0. The number of ether oxygens (including phenoxy) is 2. The number of benzene rings is 2. The van der Waals surface area contributed by atoms with Crippen LogP contribution in [-0.4, -0.2) is 59.0 Å². The van der Waals surface area contributed by atoms with Crippen molar-refractivity contribution in [3.05, 3.63) is 60.2 Å². The van der Waals surface area contributed by atoms with E-state index < -0.39 is 17.6 Å². The summed E-state index contributed by atoms with van der Waals surface area (Å²) in [5.41, 5.74) is 1.69. The van der Waals surface area contributed by atoms with E-state index in [4.69, 9.17) is 9.47 Å². The highest BCUT2D eigenvalue weighted by Crippen LogP contribution is 2.25. The molecule has 2 amide bonds. The molecule has 4 rings (SSSR count). The largest absolute Gasteiger partial charge is 0.497 e. The van der Waals surface area contributed by atoms with Crippen molar-refractivity contribution in [3.63, 3.8) is 0 Å². The Kier molecular flexibility index (Phi) is 5.52. The first kappa shape index (κ1) is 20.3. The Balaban J connectivity index is 1.47. The third-order valence-corrected chi connectivity index (χ3v) is 4.94. The monoisotopic (exact) mass is 425 g/mol. The van der Waals surface area contributed by atoms with Gasteiger partial charge in [-0.15, -0.1) is 5.10 Å². The van der Waals surface area contributed by atoms with Gasteiger partial charge in [0, 0.05) is 37.0 Å². The number of hydrogen-bond acceptors (Lipinski definition) is 6. The maximum Gasteiger partial charge on any atom is 0.316 e. The Morgan fingerprint density at radius 3 is 2.26 bits per heavy atom. The van der Waals surface area contributed by atoms with Gasteiger partial charge in [0.05, 0.1) is 32.6 Å². The van der Waals surface area contributed by atoms with Crippen LogP contribution in [0.4, 0.5) is 10.1 Å². The lowest BCUT2D eigenvalue weighted by Crippen LogP contribution is -2.54. The fourth-order valence-electron chi connectivity index (χ4n) is 3.31. The van der Waals surface area contributed by atoms with Gasteiger partial charge in [-0.25, -0.2) is 9.07 Å². The molecule has 0 spiro atoms. The molecule has 0 radical (unpaired) electrons. The average Bonchev–Trinajstić information content (AvgIpc) is 3.26. The summed E-state index contributed by atoms with van der Waals surface area (Å²) in [5, 5.41) is 8.22. The molecule has 9 nitrogen and oxygen atoms in total. The smallest absolute Gasteiger partial charge is 0.316 e. The average molecular weight is 425 g/mol. The van der Waals surface area contributed by atoms with Crippen LogP contribution in [0.5, 0.6) is 11.5 Å². The lowest BCUT2D eigenvalue weighted by molar-refractivity contribution is -0.146. The molecule has 31 heavy (non-hydrogen) atoms. The summed E-state index contributed by atoms with van der Waals surface area (Å²) in [6, 6.07) is 10.8. The molecule has 1 aliphatic heterocycles. The number of aromatic nitrogens is 3. The lowest BCUT2D eigenvalue weighted by Gasteiger charge is -2.33. The molecule has 10 heteroatoms. The van der Waals surface area contributed by atoms with E-state index in [9.17, 15) is 14.0 Å². The van der Waals surface area contributed by atoms with Crippen molar-refractivity contribution in [3.8, 4) is 17.2 Å². The molecular formula is C21H20FN5O4. The highest BCUT2D eigenvalue weighted by Gasteiger charge is 2.33. The molecule has 0 saturated carbocycles. The summed E-state index contributed by atoms with van der Waals surface area (Å²) < 4.78 is 25.2. The molecule has 1 fully saturated rings. The minimum Gasteiger partial charge on any atom is -0.497 e. The van der Waals surface area contributed by atoms with Crippen LogP contribution in [0.2, 0.25) is 0 Å². The van der Waals surface area contributed by atoms with Crippen molar-refractivity contribution in [2.24, 2.45) is 0 Å². The summed E-state index contributed by atoms with van der Waals surface area (Å²) in [6.45, 7) is 0.766. The van der Waals surface area contributed by atoms with Crippen molar-refractivity contribution in [2.45, 2.75) is 6.54 Å². The van der Waals surface area contributed by atoms with Crippen LogP contribution in [0.25, 0.3) is 5.69 Å². The van der Waals surface area contributed by atoms with Gasteiger partial charge < -0.3 is 19.3 Å². The van der Waals surface area contributed by atoms with Gasteiger partial charge in [0.1, 0.15) is 23.0 Å². The minimum atomic E-state index is -0.664. The Hall–Kier alpha value is -3.95. The van der Waals surface area contributed by atoms with E-state index in [1.54, 1.807) is 43.3 Å². The fourth-order valence-corrected chi connectivity index (χ4v) is 3.31. The number of nitrogens with zero attached hydrogens (tertiary/aromatic N) is 5. The number of methoxy groups -OCH3 is 2. The van der Waals surface area contributed by atoms with Crippen molar-refractivity contribution < 1.29 is 23.5 Å². The number of carbonyl (C=O) groups is 2. The number of carbonyl (C=O) groups excluding carboxylic acids is 2. The van der Waals surface area contributed by atoms with Gasteiger partial charge in [0.15, 0.2) is 0 Å². The van der Waals surface area contributed by atoms with Crippen LogP contribution < -0.4 is 14.4 Å². The van der Waals surface area contributed by atoms with Gasteiger partial charge in [-0.05, 0) is 24.3 Å². The zero-order chi connectivity index (χ0) is 22.0. The summed E-state index contributed by atoms with van der Waals surface area (Å²) >= 11 is 0. The molecule has 1 aromatic heterocycles. The van der Waals surface area contributed by atoms with Crippen LogP contribution in [0, 0.1) is 5.82 Å². The standard InChI is InChI=1S/C21H20FN5O4/c1-30-18-9-17(10-19(11-18)31-2)27-13-15(23-24-27)12-25-7-8-26(21(29)20(25)28)16-5-3-14(22)4-6-16/h3-6,9-11,13H,7-8,12H2,1-2H3. The summed E-state index contributed by atoms with van der Waals surface area (Å²) in [4.78, 5) is 27.9. The first-order chi connectivity index (χ1) is 15.0. The van der Waals surface area contributed by atoms with Gasteiger partial charge in [-0.3, -0.25) is 9.59 Å². The number of anilines is 1. The highest BCUT2D eigenvalue weighted by molar-refractivity contribution is 6.40. The van der Waals surface area contributed by atoms with Crippen molar-refractivity contribution in [1.29, 1.82) is 0 Å². The van der Waals surface area contributed by atoms with E-state index in [0.29, 0.717) is 41.7 Å². The van der Waals surface area contributed by atoms with Crippen LogP contribution in [0.15, 0.2) is 48.7 Å². The van der Waals surface area contributed by atoms with Gasteiger partial charge in [-0.2, -0.15) is 0 Å². The quantitative estimate of drug-likeness (QED) is 0.560. The molecule has 0 bridgehead atoms. The number of halogens is 1. The number of amides is 2. The van der Waals surface area contributed by atoms with E-state index in [2.05, 4.69) is 10.3 Å². The summed E-state index contributed by atoms with van der Waals surface area (Å²) in [7, 11) is 3.11. The highest BCUT2D eigenvalue weighted by atomic mass is 19.1. The van der Waals surface area contributed by atoms with Gasteiger partial charge in [0.2, 0.25) is 0 Å². The van der Waals surface area contributed by atoms with Crippen molar-refractivity contribution in [1.82, 2.24) is 19.9 Å². The van der Waals surface area contributed by atoms with E-state index in [1.165, 1.54) is 34.1 Å². The molecule has 0 unspecified atom stereocenters. The topological polar surface area (TPSA) is 89.8 Å². The molecule has 160 valence electrons. The molecule has 0 aliphatic carbocycles. The van der Waals surface area contributed by atoms with E-state index >= 15 is 0 Å². The van der Waals surface area contributed by atoms with Gasteiger partial charge >= 0.3 is 11.8 Å². The predicted molar refractivity (Wildman–Crippen MR) is 109 cm³/mol. The number of hydrogen-bond donors (Lipinski definition) is 0. The molecule has 1 aliphatic rings. The van der Waals surface area contributed by atoms with E-state index in [-0.39, 0.29) is 6.54 Å². The predicted octanol–water partition coefficient (Wildman–Crippen LogP) is 1.80. The third-order valence-electron chi connectivity index (χ3n) is 4.94. The Labute approximate surface area is 177 Å². The van der Waals surface area contributed by atoms with E-state index in [0.717, 1.165) is 0 Å². The second kappa shape index (κ2) is 8.42. The summed E-state index contributed by atoms with van der Waals surface area (Å²) in [5.74, 6) is -0.512. The maximum absolute atomic E-state index is 13.1. The third kappa shape index (κ3) is 4.18. The second-order valence-electron chi connectivity index (χ2n) is 6.89. The molecule has 0 atom stereocenters. The van der Waals surface area contributed by atoms with Crippen LogP contribution in [0.3, 0.4) is 0 Å². The van der Waals surface area contributed by atoms with Gasteiger partial charge in [0.25, 0.3) is 0 Å². The minimum absolute atomic E-state index is 0.142. The molecule has 2 aromatic carbocycles. The Morgan fingerprint density at radius 1 is 0.935 bits per heavy atom. The van der Waals surface area contributed by atoms with Gasteiger partial charge in [-0.1, -0.05) is 5.21 Å². The first-order valence-electron chi connectivity index (χ1n) is 9.49. The zero-order valence-corrected chi connectivity index (χ0v) is 17.0. The normalized spacial score (nSPS) is 14.2. The number of rotatable bonds is 6. The SMILES string of the molecule is COc1cc(OC)cc(-n2cc(CN3CCN(c4ccc(F)cc4)C(=O)C3=O)nn2)c1. The van der Waals surface area contributed by atoms with Crippen LogP contribution >= 0.6 is 0 Å². The Morgan fingerprint density at radius 2 is 1.61 bits per heavy atom.